The molecule has 21 heavy (non-hydrogen) atoms. The van der Waals surface area contributed by atoms with Gasteiger partial charge in [-0.05, 0) is 40.0 Å². The number of carbonyl (C=O) groups is 1. The van der Waals surface area contributed by atoms with E-state index >= 15 is 0 Å². The molecule has 0 bridgehead atoms. The van der Waals surface area contributed by atoms with Crippen LogP contribution >= 0.6 is 0 Å². The summed E-state index contributed by atoms with van der Waals surface area (Å²) in [6.45, 7) is 6.52. The van der Waals surface area contributed by atoms with Crippen LogP contribution < -0.4 is 10.6 Å². The SMILES string of the molecule is CO[C@H]1CC[C@@H](NC(=O)NCc2ncnn2C(C)(C)C)C1. The molecule has 2 rings (SSSR count). The van der Waals surface area contributed by atoms with Crippen molar-refractivity contribution in [1.29, 1.82) is 0 Å². The van der Waals surface area contributed by atoms with Gasteiger partial charge in [0, 0.05) is 13.2 Å². The maximum absolute atomic E-state index is 11.9. The summed E-state index contributed by atoms with van der Waals surface area (Å²) in [5.74, 6) is 0.749. The summed E-state index contributed by atoms with van der Waals surface area (Å²) in [7, 11) is 1.71. The van der Waals surface area contributed by atoms with Crippen molar-refractivity contribution in [2.24, 2.45) is 0 Å². The van der Waals surface area contributed by atoms with Crippen LogP contribution in [0, 0.1) is 0 Å². The van der Waals surface area contributed by atoms with E-state index in [1.165, 1.54) is 6.33 Å². The third-order valence-electron chi connectivity index (χ3n) is 3.71. The van der Waals surface area contributed by atoms with Crippen LogP contribution in [0.3, 0.4) is 0 Å². The quantitative estimate of drug-likeness (QED) is 0.880. The average Bonchev–Trinajstić information content (AvgIpc) is 3.03. The lowest BCUT2D eigenvalue weighted by molar-refractivity contribution is 0.107. The molecule has 1 fully saturated rings. The van der Waals surface area contributed by atoms with Gasteiger partial charge >= 0.3 is 6.03 Å². The number of carbonyl (C=O) groups excluding carboxylic acids is 1. The van der Waals surface area contributed by atoms with Crippen LogP contribution in [0.2, 0.25) is 0 Å². The zero-order chi connectivity index (χ0) is 15.5. The maximum atomic E-state index is 11.9. The lowest BCUT2D eigenvalue weighted by atomic mass is 10.1. The monoisotopic (exact) mass is 295 g/mol. The van der Waals surface area contributed by atoms with Crippen LogP contribution in [0.1, 0.15) is 45.9 Å². The molecule has 0 unspecified atom stereocenters. The normalized spacial score (nSPS) is 22.3. The first-order valence-corrected chi connectivity index (χ1v) is 7.36. The molecule has 1 heterocycles. The number of aromatic nitrogens is 3. The number of hydrogen-bond donors (Lipinski definition) is 2. The largest absolute Gasteiger partial charge is 0.381 e. The second kappa shape index (κ2) is 6.43. The number of hydrogen-bond acceptors (Lipinski definition) is 4. The molecule has 1 saturated carbocycles. The summed E-state index contributed by atoms with van der Waals surface area (Å²) in [6.07, 6.45) is 4.62. The van der Waals surface area contributed by atoms with Crippen LogP contribution in [0.15, 0.2) is 6.33 Å². The predicted molar refractivity (Wildman–Crippen MR) is 78.8 cm³/mol. The Kier molecular flexibility index (Phi) is 4.82. The summed E-state index contributed by atoms with van der Waals surface area (Å²) < 4.78 is 7.12. The highest BCUT2D eigenvalue weighted by molar-refractivity contribution is 5.74. The number of nitrogens with one attached hydrogen (secondary N) is 2. The number of rotatable bonds is 4. The van der Waals surface area contributed by atoms with Crippen LogP contribution in [-0.2, 0) is 16.8 Å². The molecule has 1 aromatic rings. The predicted octanol–water partition coefficient (Wildman–Crippen LogP) is 1.40. The minimum atomic E-state index is -0.166. The minimum Gasteiger partial charge on any atom is -0.381 e. The molecular formula is C14H25N5O2. The van der Waals surface area contributed by atoms with E-state index in [4.69, 9.17) is 4.74 Å². The second-order valence-corrected chi connectivity index (χ2v) is 6.45. The van der Waals surface area contributed by atoms with Crippen molar-refractivity contribution in [3.8, 4) is 0 Å². The number of amides is 2. The van der Waals surface area contributed by atoms with Crippen molar-refractivity contribution in [2.75, 3.05) is 7.11 Å². The Morgan fingerprint density at radius 2 is 2.24 bits per heavy atom. The first-order chi connectivity index (χ1) is 9.90. The zero-order valence-corrected chi connectivity index (χ0v) is 13.2. The highest BCUT2D eigenvalue weighted by Crippen LogP contribution is 2.21. The van der Waals surface area contributed by atoms with Gasteiger partial charge in [-0.3, -0.25) is 0 Å². The zero-order valence-electron chi connectivity index (χ0n) is 13.2. The first-order valence-electron chi connectivity index (χ1n) is 7.36. The summed E-state index contributed by atoms with van der Waals surface area (Å²) >= 11 is 0. The number of nitrogens with zero attached hydrogens (tertiary/aromatic N) is 3. The molecule has 2 N–H and O–H groups in total. The third kappa shape index (κ3) is 4.17. The van der Waals surface area contributed by atoms with Gasteiger partial charge in [-0.25, -0.2) is 14.5 Å². The Morgan fingerprint density at radius 3 is 2.86 bits per heavy atom. The molecule has 118 valence electrons. The molecule has 0 spiro atoms. The lowest BCUT2D eigenvalue weighted by Gasteiger charge is -2.21. The molecule has 2 amide bonds. The van der Waals surface area contributed by atoms with Crippen molar-refractivity contribution in [1.82, 2.24) is 25.4 Å². The van der Waals surface area contributed by atoms with E-state index in [2.05, 4.69) is 41.5 Å². The third-order valence-corrected chi connectivity index (χ3v) is 3.71. The van der Waals surface area contributed by atoms with Gasteiger partial charge in [-0.15, -0.1) is 0 Å². The second-order valence-electron chi connectivity index (χ2n) is 6.45. The van der Waals surface area contributed by atoms with Crippen molar-refractivity contribution < 1.29 is 9.53 Å². The fourth-order valence-corrected chi connectivity index (χ4v) is 2.63. The van der Waals surface area contributed by atoms with E-state index in [1.807, 2.05) is 4.68 Å². The van der Waals surface area contributed by atoms with Gasteiger partial charge in [0.1, 0.15) is 12.2 Å². The van der Waals surface area contributed by atoms with E-state index in [9.17, 15) is 4.79 Å². The van der Waals surface area contributed by atoms with Gasteiger partial charge in [-0.2, -0.15) is 5.10 Å². The summed E-state index contributed by atoms with van der Waals surface area (Å²) in [5, 5.41) is 10.0. The Labute approximate surface area is 125 Å². The molecule has 0 aromatic carbocycles. The van der Waals surface area contributed by atoms with E-state index in [0.717, 1.165) is 25.1 Å². The van der Waals surface area contributed by atoms with Crippen molar-refractivity contribution >= 4 is 6.03 Å². The minimum absolute atomic E-state index is 0.152. The Morgan fingerprint density at radius 1 is 1.48 bits per heavy atom. The van der Waals surface area contributed by atoms with Crippen molar-refractivity contribution in [3.05, 3.63) is 12.2 Å². The molecule has 1 aromatic heterocycles. The number of urea groups is 1. The molecule has 7 heteroatoms. The Hall–Kier alpha value is -1.63. The highest BCUT2D eigenvalue weighted by Gasteiger charge is 2.25. The van der Waals surface area contributed by atoms with Crippen LogP contribution in [0.4, 0.5) is 4.79 Å². The first kappa shape index (κ1) is 15.8. The smallest absolute Gasteiger partial charge is 0.315 e. The molecule has 0 aliphatic heterocycles. The lowest BCUT2D eigenvalue weighted by Crippen LogP contribution is -2.41. The molecule has 7 nitrogen and oxygen atoms in total. The van der Waals surface area contributed by atoms with Crippen molar-refractivity contribution in [3.63, 3.8) is 0 Å². The maximum Gasteiger partial charge on any atom is 0.315 e. The van der Waals surface area contributed by atoms with Gasteiger partial charge in [0.25, 0.3) is 0 Å². The topological polar surface area (TPSA) is 81.1 Å². The van der Waals surface area contributed by atoms with E-state index < -0.39 is 0 Å². The fraction of sp³-hybridized carbons (Fsp3) is 0.786. The highest BCUT2D eigenvalue weighted by atomic mass is 16.5. The molecule has 1 aliphatic carbocycles. The van der Waals surface area contributed by atoms with Gasteiger partial charge in [-0.1, -0.05) is 0 Å². The van der Waals surface area contributed by atoms with Gasteiger partial charge < -0.3 is 15.4 Å². The van der Waals surface area contributed by atoms with E-state index in [-0.39, 0.29) is 23.7 Å². The molecule has 1 aliphatic rings. The molecule has 0 radical (unpaired) electrons. The summed E-state index contributed by atoms with van der Waals surface area (Å²) in [6, 6.07) is 0.0237. The van der Waals surface area contributed by atoms with Crippen LogP contribution in [0.5, 0.6) is 0 Å². The van der Waals surface area contributed by atoms with Crippen LogP contribution in [0.25, 0.3) is 0 Å². The number of methoxy groups -OCH3 is 1. The Balaban J connectivity index is 1.81. The Bertz CT molecular complexity index is 480. The van der Waals surface area contributed by atoms with Gasteiger partial charge in [0.05, 0.1) is 18.2 Å². The molecular weight excluding hydrogens is 270 g/mol. The summed E-state index contributed by atoms with van der Waals surface area (Å²) in [4.78, 5) is 16.1. The van der Waals surface area contributed by atoms with Crippen molar-refractivity contribution in [2.45, 2.75) is 64.3 Å². The molecule has 0 saturated heterocycles. The summed E-state index contributed by atoms with van der Waals surface area (Å²) in [5.41, 5.74) is -0.152. The molecule has 2 atom stereocenters. The van der Waals surface area contributed by atoms with E-state index in [0.29, 0.717) is 6.54 Å². The van der Waals surface area contributed by atoms with Gasteiger partial charge in [0.2, 0.25) is 0 Å². The van der Waals surface area contributed by atoms with Gasteiger partial charge in [0.15, 0.2) is 0 Å². The average molecular weight is 295 g/mol. The fourth-order valence-electron chi connectivity index (χ4n) is 2.63. The number of ether oxygens (including phenoxy) is 1. The van der Waals surface area contributed by atoms with E-state index in [1.54, 1.807) is 7.11 Å². The van der Waals surface area contributed by atoms with Crippen LogP contribution in [-0.4, -0.2) is 40.1 Å². The standard InChI is InChI=1S/C14H25N5O2/c1-14(2,3)19-12(16-9-17-19)8-15-13(20)18-10-5-6-11(7-10)21-4/h9-11H,5-8H2,1-4H3,(H2,15,18,20)/t10-,11+/m1/s1.